The van der Waals surface area contributed by atoms with Crippen LogP contribution in [-0.2, 0) is 19.1 Å². The molecule has 0 heterocycles. The highest BCUT2D eigenvalue weighted by Crippen LogP contribution is 2.41. The van der Waals surface area contributed by atoms with E-state index in [-0.39, 0.29) is 11.9 Å². The molecule has 0 amide bonds. The fraction of sp³-hybridized carbons (Fsp3) is 0.750. The molecule has 0 radical (unpaired) electrons. The molecule has 1 aliphatic carbocycles. The summed E-state index contributed by atoms with van der Waals surface area (Å²) in [5, 5.41) is 20.9. The molecule has 0 fully saturated rings. The van der Waals surface area contributed by atoms with E-state index in [0.29, 0.717) is 30.9 Å². The number of ether oxygens (including phenoxy) is 2. The van der Waals surface area contributed by atoms with Crippen molar-refractivity contribution in [2.75, 3.05) is 12.9 Å². The van der Waals surface area contributed by atoms with Gasteiger partial charge in [0, 0.05) is 30.6 Å². The van der Waals surface area contributed by atoms with Crippen LogP contribution in [0.25, 0.3) is 0 Å². The molecular formula is C24H40O6S. The predicted molar refractivity (Wildman–Crippen MR) is 124 cm³/mol. The Morgan fingerprint density at radius 3 is 2.65 bits per heavy atom. The molecule has 178 valence electrons. The quantitative estimate of drug-likeness (QED) is 0.209. The molecule has 0 aromatic heterocycles. The Labute approximate surface area is 191 Å². The van der Waals surface area contributed by atoms with Crippen LogP contribution >= 0.6 is 11.8 Å². The first-order valence-electron chi connectivity index (χ1n) is 11.4. The van der Waals surface area contributed by atoms with Crippen LogP contribution in [0, 0.1) is 11.8 Å². The number of thioether (sulfide) groups is 1. The fourth-order valence-electron chi connectivity index (χ4n) is 3.68. The lowest BCUT2D eigenvalue weighted by atomic mass is 9.96. The van der Waals surface area contributed by atoms with Gasteiger partial charge in [0.15, 0.2) is 0 Å². The number of aliphatic hydroxyl groups is 2. The number of esters is 2. The molecule has 0 spiro atoms. The largest absolute Gasteiger partial charge is 0.469 e. The van der Waals surface area contributed by atoms with Crippen molar-refractivity contribution in [3.8, 4) is 0 Å². The van der Waals surface area contributed by atoms with Crippen molar-refractivity contribution < 1.29 is 29.3 Å². The van der Waals surface area contributed by atoms with Crippen molar-refractivity contribution >= 4 is 23.7 Å². The van der Waals surface area contributed by atoms with Gasteiger partial charge in [-0.15, -0.1) is 11.8 Å². The molecule has 6 nitrogen and oxygen atoms in total. The van der Waals surface area contributed by atoms with Gasteiger partial charge in [-0.05, 0) is 30.9 Å². The summed E-state index contributed by atoms with van der Waals surface area (Å²) in [6.45, 7) is 5.67. The lowest BCUT2D eigenvalue weighted by molar-refractivity contribution is -0.140. The highest BCUT2D eigenvalue weighted by molar-refractivity contribution is 8.03. The van der Waals surface area contributed by atoms with E-state index >= 15 is 0 Å². The van der Waals surface area contributed by atoms with E-state index < -0.39 is 18.2 Å². The van der Waals surface area contributed by atoms with Crippen molar-refractivity contribution in [3.63, 3.8) is 0 Å². The standard InChI is InChI=1S/C24H40O6S/c1-5-6-10-17(2)15-19(26)12-13-20-21(27)16-22(30-18(3)25)24(20)31-14-9-7-8-11-23(28)29-4/h12-13,17,19-21,26-27H,5-11,14-16H2,1-4H3/t17-,19-,20+,21-/m1/s1. The van der Waals surface area contributed by atoms with Crippen molar-refractivity contribution in [1.29, 1.82) is 0 Å². The van der Waals surface area contributed by atoms with E-state index in [0.717, 1.165) is 49.2 Å². The first kappa shape index (κ1) is 27.7. The van der Waals surface area contributed by atoms with E-state index in [4.69, 9.17) is 4.74 Å². The molecular weight excluding hydrogens is 416 g/mol. The number of carbonyl (C=O) groups is 2. The number of rotatable bonds is 15. The molecule has 7 heteroatoms. The maximum Gasteiger partial charge on any atom is 0.307 e. The number of aliphatic hydroxyl groups excluding tert-OH is 2. The summed E-state index contributed by atoms with van der Waals surface area (Å²) < 4.78 is 10.0. The van der Waals surface area contributed by atoms with Gasteiger partial charge >= 0.3 is 11.9 Å². The van der Waals surface area contributed by atoms with Crippen LogP contribution in [0.1, 0.15) is 78.6 Å². The Hall–Kier alpha value is -1.31. The first-order chi connectivity index (χ1) is 14.8. The Bertz CT molecular complexity index is 615. The van der Waals surface area contributed by atoms with Crippen molar-refractivity contribution in [2.24, 2.45) is 11.8 Å². The molecule has 0 unspecified atom stereocenters. The highest BCUT2D eigenvalue weighted by atomic mass is 32.2. The molecule has 1 rings (SSSR count). The van der Waals surface area contributed by atoms with Crippen molar-refractivity contribution in [2.45, 2.75) is 90.8 Å². The summed E-state index contributed by atoms with van der Waals surface area (Å²) in [7, 11) is 1.39. The summed E-state index contributed by atoms with van der Waals surface area (Å²) >= 11 is 1.58. The maximum absolute atomic E-state index is 11.5. The lowest BCUT2D eigenvalue weighted by Gasteiger charge is -2.17. The summed E-state index contributed by atoms with van der Waals surface area (Å²) in [4.78, 5) is 23.5. The van der Waals surface area contributed by atoms with Gasteiger partial charge in [0.2, 0.25) is 0 Å². The number of hydrogen-bond acceptors (Lipinski definition) is 7. The molecule has 1 aliphatic rings. The molecule has 0 aromatic rings. The molecule has 4 atom stereocenters. The number of unbranched alkanes of at least 4 members (excludes halogenated alkanes) is 3. The molecule has 0 bridgehead atoms. The SMILES string of the molecule is CCCC[C@@H](C)C[C@H](O)C=C[C@@H]1C(SCCCCCC(=O)OC)=C(OC(C)=O)C[C@H]1O. The molecule has 0 saturated heterocycles. The fourth-order valence-corrected chi connectivity index (χ4v) is 4.96. The average molecular weight is 457 g/mol. The minimum absolute atomic E-state index is 0.195. The smallest absolute Gasteiger partial charge is 0.307 e. The van der Waals surface area contributed by atoms with E-state index in [1.165, 1.54) is 14.0 Å². The summed E-state index contributed by atoms with van der Waals surface area (Å²) in [6, 6.07) is 0. The zero-order chi connectivity index (χ0) is 23.2. The summed E-state index contributed by atoms with van der Waals surface area (Å²) in [5.74, 6) is 0.899. The van der Waals surface area contributed by atoms with E-state index in [1.807, 2.05) is 6.08 Å². The van der Waals surface area contributed by atoms with Crippen LogP contribution in [0.15, 0.2) is 22.8 Å². The zero-order valence-electron chi connectivity index (χ0n) is 19.5. The third kappa shape index (κ3) is 11.2. The third-order valence-electron chi connectivity index (χ3n) is 5.40. The van der Waals surface area contributed by atoms with Gasteiger partial charge in [-0.25, -0.2) is 0 Å². The van der Waals surface area contributed by atoms with Gasteiger partial charge in [-0.1, -0.05) is 51.7 Å². The number of hydrogen-bond donors (Lipinski definition) is 2. The Balaban J connectivity index is 2.67. The highest BCUT2D eigenvalue weighted by Gasteiger charge is 2.34. The molecule has 2 N–H and O–H groups in total. The second kappa shape index (κ2) is 15.5. The third-order valence-corrected chi connectivity index (χ3v) is 6.70. The summed E-state index contributed by atoms with van der Waals surface area (Å²) in [5.41, 5.74) is 0. The van der Waals surface area contributed by atoms with Gasteiger partial charge in [0.05, 0.1) is 19.3 Å². The molecule has 0 saturated carbocycles. The van der Waals surface area contributed by atoms with Crippen molar-refractivity contribution in [1.82, 2.24) is 0 Å². The second-order valence-electron chi connectivity index (χ2n) is 8.35. The topological polar surface area (TPSA) is 93.1 Å². The Morgan fingerprint density at radius 1 is 1.26 bits per heavy atom. The van der Waals surface area contributed by atoms with Gasteiger partial charge in [0.1, 0.15) is 5.76 Å². The number of methoxy groups -OCH3 is 1. The lowest BCUT2D eigenvalue weighted by Crippen LogP contribution is -2.15. The molecule has 0 aromatic carbocycles. The van der Waals surface area contributed by atoms with E-state index in [9.17, 15) is 19.8 Å². The maximum atomic E-state index is 11.5. The minimum Gasteiger partial charge on any atom is -0.469 e. The van der Waals surface area contributed by atoms with Crippen LogP contribution in [0.2, 0.25) is 0 Å². The first-order valence-corrected chi connectivity index (χ1v) is 12.4. The molecule has 31 heavy (non-hydrogen) atoms. The Kier molecular flexibility index (Phi) is 13.8. The minimum atomic E-state index is -0.669. The van der Waals surface area contributed by atoms with Gasteiger partial charge < -0.3 is 19.7 Å². The average Bonchev–Trinajstić information content (AvgIpc) is 3.00. The van der Waals surface area contributed by atoms with Crippen LogP contribution in [-0.4, -0.2) is 47.2 Å². The van der Waals surface area contributed by atoms with Gasteiger partial charge in [-0.2, -0.15) is 0 Å². The second-order valence-corrected chi connectivity index (χ2v) is 9.49. The van der Waals surface area contributed by atoms with E-state index in [2.05, 4.69) is 18.6 Å². The normalized spacial score (nSPS) is 20.8. The zero-order valence-corrected chi connectivity index (χ0v) is 20.3. The van der Waals surface area contributed by atoms with Gasteiger partial charge in [-0.3, -0.25) is 9.59 Å². The molecule has 0 aliphatic heterocycles. The van der Waals surface area contributed by atoms with Crippen molar-refractivity contribution in [3.05, 3.63) is 22.8 Å². The van der Waals surface area contributed by atoms with Crippen LogP contribution in [0.3, 0.4) is 0 Å². The van der Waals surface area contributed by atoms with E-state index in [1.54, 1.807) is 17.8 Å². The van der Waals surface area contributed by atoms with Crippen LogP contribution < -0.4 is 0 Å². The summed E-state index contributed by atoms with van der Waals surface area (Å²) in [6.07, 6.45) is 9.80. The van der Waals surface area contributed by atoms with Crippen LogP contribution in [0.5, 0.6) is 0 Å². The predicted octanol–water partition coefficient (Wildman–Crippen LogP) is 4.74. The number of carbonyl (C=O) groups excluding carboxylic acids is 2. The Morgan fingerprint density at radius 2 is 2.00 bits per heavy atom. The monoisotopic (exact) mass is 456 g/mol. The van der Waals surface area contributed by atoms with Crippen LogP contribution in [0.4, 0.5) is 0 Å². The van der Waals surface area contributed by atoms with Gasteiger partial charge in [0.25, 0.3) is 0 Å².